The number of anilines is 1. The molecule has 0 aliphatic rings. The van der Waals surface area contributed by atoms with Gasteiger partial charge in [-0.1, -0.05) is 17.7 Å². The number of nitrogens with two attached hydrogens (primary N) is 1. The smallest absolute Gasteiger partial charge is 0.205 e. The number of imidazole rings is 1. The van der Waals surface area contributed by atoms with Gasteiger partial charge >= 0.3 is 0 Å². The number of rotatable bonds is 1. The van der Waals surface area contributed by atoms with Crippen LogP contribution in [0.1, 0.15) is 11.1 Å². The van der Waals surface area contributed by atoms with Crippen LogP contribution in [-0.2, 0) is 0 Å². The predicted octanol–water partition coefficient (Wildman–Crippen LogP) is 3.36. The highest BCUT2D eigenvalue weighted by Gasteiger charge is 2.12. The van der Waals surface area contributed by atoms with Crippen LogP contribution in [0.25, 0.3) is 16.7 Å². The molecule has 0 saturated heterocycles. The molecule has 0 unspecified atom stereocenters. The van der Waals surface area contributed by atoms with Crippen LogP contribution in [0.15, 0.2) is 36.4 Å². The molecule has 19 heavy (non-hydrogen) atoms. The summed E-state index contributed by atoms with van der Waals surface area (Å²) in [4.78, 5) is 4.21. The van der Waals surface area contributed by atoms with Crippen LogP contribution < -0.4 is 5.73 Å². The van der Waals surface area contributed by atoms with Crippen molar-refractivity contribution < 1.29 is 4.39 Å². The minimum atomic E-state index is -0.308. The fraction of sp³-hybridized carbons (Fsp3) is 0.133. The molecule has 0 saturated carbocycles. The number of nitrogens with zero attached hydrogens (tertiary/aromatic N) is 2. The van der Waals surface area contributed by atoms with Crippen molar-refractivity contribution in [2.24, 2.45) is 0 Å². The third-order valence-electron chi connectivity index (χ3n) is 3.24. The van der Waals surface area contributed by atoms with E-state index in [-0.39, 0.29) is 5.82 Å². The summed E-state index contributed by atoms with van der Waals surface area (Å²) in [5, 5.41) is 0. The lowest BCUT2D eigenvalue weighted by Gasteiger charge is -2.10. The van der Waals surface area contributed by atoms with Crippen molar-refractivity contribution in [2.45, 2.75) is 13.8 Å². The molecular weight excluding hydrogens is 241 g/mol. The molecule has 1 heterocycles. The molecule has 0 atom stereocenters. The second kappa shape index (κ2) is 4.09. The van der Waals surface area contributed by atoms with Crippen molar-refractivity contribution in [3.63, 3.8) is 0 Å². The predicted molar refractivity (Wildman–Crippen MR) is 74.9 cm³/mol. The summed E-state index contributed by atoms with van der Waals surface area (Å²) < 4.78 is 15.1. The molecule has 0 spiro atoms. The maximum Gasteiger partial charge on any atom is 0.205 e. The molecule has 0 fully saturated rings. The molecule has 0 aliphatic carbocycles. The van der Waals surface area contributed by atoms with Crippen LogP contribution in [0.5, 0.6) is 0 Å². The summed E-state index contributed by atoms with van der Waals surface area (Å²) >= 11 is 0. The van der Waals surface area contributed by atoms with Crippen molar-refractivity contribution in [1.29, 1.82) is 0 Å². The zero-order valence-electron chi connectivity index (χ0n) is 10.8. The van der Waals surface area contributed by atoms with E-state index in [2.05, 4.69) is 11.1 Å². The molecule has 3 nitrogen and oxygen atoms in total. The molecule has 4 heteroatoms. The lowest BCUT2D eigenvalue weighted by Crippen LogP contribution is -2.02. The van der Waals surface area contributed by atoms with Crippen molar-refractivity contribution in [3.05, 3.63) is 53.3 Å². The second-order valence-electron chi connectivity index (χ2n) is 4.73. The van der Waals surface area contributed by atoms with E-state index >= 15 is 0 Å². The van der Waals surface area contributed by atoms with Crippen LogP contribution in [0, 0.1) is 19.7 Å². The van der Waals surface area contributed by atoms with Crippen LogP contribution in [0.4, 0.5) is 10.3 Å². The Labute approximate surface area is 110 Å². The fourth-order valence-electron chi connectivity index (χ4n) is 2.38. The van der Waals surface area contributed by atoms with Gasteiger partial charge in [-0.2, -0.15) is 0 Å². The minimum absolute atomic E-state index is 0.308. The summed E-state index contributed by atoms with van der Waals surface area (Å²) in [7, 11) is 0. The van der Waals surface area contributed by atoms with Gasteiger partial charge < -0.3 is 5.73 Å². The number of hydrogen-bond donors (Lipinski definition) is 1. The molecule has 2 aromatic carbocycles. The maximum absolute atomic E-state index is 13.2. The molecule has 96 valence electrons. The monoisotopic (exact) mass is 255 g/mol. The Morgan fingerprint density at radius 2 is 1.89 bits per heavy atom. The minimum Gasteiger partial charge on any atom is -0.369 e. The van der Waals surface area contributed by atoms with E-state index in [1.54, 1.807) is 6.07 Å². The van der Waals surface area contributed by atoms with Crippen LogP contribution >= 0.6 is 0 Å². The molecule has 3 rings (SSSR count). The SMILES string of the molecule is Cc1ccc(-n2c(N)nc3cc(F)ccc32)c(C)c1. The van der Waals surface area contributed by atoms with Crippen LogP contribution in [0.2, 0.25) is 0 Å². The Morgan fingerprint density at radius 1 is 1.11 bits per heavy atom. The first-order valence-electron chi connectivity index (χ1n) is 6.07. The molecule has 0 bridgehead atoms. The normalized spacial score (nSPS) is 11.1. The van der Waals surface area contributed by atoms with Gasteiger partial charge in [-0.3, -0.25) is 4.57 Å². The van der Waals surface area contributed by atoms with Gasteiger partial charge in [-0.05, 0) is 37.6 Å². The average molecular weight is 255 g/mol. The highest BCUT2D eigenvalue weighted by atomic mass is 19.1. The van der Waals surface area contributed by atoms with Gasteiger partial charge in [0.2, 0.25) is 5.95 Å². The zero-order valence-corrected chi connectivity index (χ0v) is 10.8. The highest BCUT2D eigenvalue weighted by molar-refractivity contribution is 5.81. The Bertz CT molecular complexity index is 774. The number of aromatic nitrogens is 2. The largest absolute Gasteiger partial charge is 0.369 e. The Kier molecular flexibility index (Phi) is 2.52. The summed E-state index contributed by atoms with van der Waals surface area (Å²) in [6.45, 7) is 4.07. The highest BCUT2D eigenvalue weighted by Crippen LogP contribution is 2.26. The fourth-order valence-corrected chi connectivity index (χ4v) is 2.38. The van der Waals surface area contributed by atoms with E-state index in [1.807, 2.05) is 30.5 Å². The molecule has 0 amide bonds. The first kappa shape index (κ1) is 11.7. The van der Waals surface area contributed by atoms with E-state index in [0.717, 1.165) is 16.8 Å². The molecule has 3 aromatic rings. The quantitative estimate of drug-likeness (QED) is 0.724. The van der Waals surface area contributed by atoms with Gasteiger partial charge in [0.15, 0.2) is 0 Å². The molecular formula is C15H14FN3. The lowest BCUT2D eigenvalue weighted by atomic mass is 10.1. The van der Waals surface area contributed by atoms with Gasteiger partial charge in [0.25, 0.3) is 0 Å². The Balaban J connectivity index is 2.33. The maximum atomic E-state index is 13.2. The number of halogens is 1. The molecule has 0 aliphatic heterocycles. The van der Waals surface area contributed by atoms with E-state index in [0.29, 0.717) is 11.5 Å². The number of benzene rings is 2. The standard InChI is InChI=1S/C15H14FN3/c1-9-3-5-13(10(2)7-9)19-14-6-4-11(16)8-12(14)18-15(19)17/h3-8H,1-2H3,(H2,17,18). The third-order valence-corrected chi connectivity index (χ3v) is 3.24. The molecule has 2 N–H and O–H groups in total. The van der Waals surface area contributed by atoms with Crippen LogP contribution in [-0.4, -0.2) is 9.55 Å². The van der Waals surface area contributed by atoms with Crippen molar-refractivity contribution in [1.82, 2.24) is 9.55 Å². The number of hydrogen-bond acceptors (Lipinski definition) is 2. The van der Waals surface area contributed by atoms with Gasteiger partial charge in [0, 0.05) is 6.07 Å². The summed E-state index contributed by atoms with van der Waals surface area (Å²) in [6, 6.07) is 10.6. The summed E-state index contributed by atoms with van der Waals surface area (Å²) in [5.41, 5.74) is 10.6. The van der Waals surface area contributed by atoms with Crippen molar-refractivity contribution in [2.75, 3.05) is 5.73 Å². The van der Waals surface area contributed by atoms with Crippen LogP contribution in [0.3, 0.4) is 0 Å². The topological polar surface area (TPSA) is 43.8 Å². The summed E-state index contributed by atoms with van der Waals surface area (Å²) in [6.07, 6.45) is 0. The van der Waals surface area contributed by atoms with E-state index in [1.165, 1.54) is 17.7 Å². The van der Waals surface area contributed by atoms with Gasteiger partial charge in [0.05, 0.1) is 16.7 Å². The number of nitrogen functional groups attached to an aromatic ring is 1. The first-order valence-corrected chi connectivity index (χ1v) is 6.07. The second-order valence-corrected chi connectivity index (χ2v) is 4.73. The average Bonchev–Trinajstić information content (AvgIpc) is 2.65. The van der Waals surface area contributed by atoms with Gasteiger partial charge in [0.1, 0.15) is 5.82 Å². The zero-order chi connectivity index (χ0) is 13.6. The van der Waals surface area contributed by atoms with Gasteiger partial charge in [-0.15, -0.1) is 0 Å². The summed E-state index contributed by atoms with van der Waals surface area (Å²) in [5.74, 6) is 0.0605. The van der Waals surface area contributed by atoms with E-state index in [9.17, 15) is 4.39 Å². The van der Waals surface area contributed by atoms with Crippen molar-refractivity contribution in [3.8, 4) is 5.69 Å². The Morgan fingerprint density at radius 3 is 2.63 bits per heavy atom. The number of fused-ring (bicyclic) bond motifs is 1. The molecule has 1 aromatic heterocycles. The molecule has 0 radical (unpaired) electrons. The first-order chi connectivity index (χ1) is 9.06. The van der Waals surface area contributed by atoms with E-state index in [4.69, 9.17) is 5.73 Å². The third kappa shape index (κ3) is 1.85. The Hall–Kier alpha value is -2.36. The van der Waals surface area contributed by atoms with E-state index < -0.39 is 0 Å². The van der Waals surface area contributed by atoms with Gasteiger partial charge in [-0.25, -0.2) is 9.37 Å². The number of aryl methyl sites for hydroxylation is 2. The van der Waals surface area contributed by atoms with Crippen molar-refractivity contribution >= 4 is 17.0 Å². The lowest BCUT2D eigenvalue weighted by molar-refractivity contribution is 0.629.